The van der Waals surface area contributed by atoms with Crippen molar-refractivity contribution in [1.29, 1.82) is 0 Å². The van der Waals surface area contributed by atoms with E-state index in [4.69, 9.17) is 14.6 Å². The van der Waals surface area contributed by atoms with Crippen LogP contribution in [-0.2, 0) is 14.8 Å². The second kappa shape index (κ2) is 4.64. The van der Waals surface area contributed by atoms with Gasteiger partial charge >= 0.3 is 5.97 Å². The number of carbonyl (C=O) groups is 1. The zero-order valence-electron chi connectivity index (χ0n) is 10.5. The summed E-state index contributed by atoms with van der Waals surface area (Å²) in [4.78, 5) is 11.0. The first-order valence-electron chi connectivity index (χ1n) is 6.12. The van der Waals surface area contributed by atoms with E-state index in [2.05, 4.69) is 0 Å². The molecule has 1 aromatic carbocycles. The molecule has 0 aromatic heterocycles. The van der Waals surface area contributed by atoms with Gasteiger partial charge in [0.25, 0.3) is 0 Å². The smallest absolute Gasteiger partial charge is 0.307 e. The topological polar surface area (TPSA) is 93.1 Å². The quantitative estimate of drug-likeness (QED) is 0.874. The van der Waals surface area contributed by atoms with Crippen LogP contribution >= 0.6 is 0 Å². The van der Waals surface area contributed by atoms with Gasteiger partial charge < -0.3 is 14.6 Å². The predicted molar refractivity (Wildman–Crippen MR) is 67.1 cm³/mol. The maximum absolute atomic E-state index is 12.6. The summed E-state index contributed by atoms with van der Waals surface area (Å²) in [5, 5.41) is 8.96. The molecule has 0 radical (unpaired) electrons. The molecule has 1 atom stereocenters. The predicted octanol–water partition coefficient (Wildman–Crippen LogP) is 0.510. The van der Waals surface area contributed by atoms with Crippen LogP contribution in [0.5, 0.6) is 11.5 Å². The number of benzene rings is 1. The molecule has 1 saturated heterocycles. The van der Waals surface area contributed by atoms with Crippen molar-refractivity contribution in [1.82, 2.24) is 4.31 Å². The molecule has 0 spiro atoms. The highest BCUT2D eigenvalue weighted by atomic mass is 32.2. The number of aliphatic carboxylic acids is 1. The van der Waals surface area contributed by atoms with Crippen LogP contribution in [0.1, 0.15) is 6.42 Å². The molecule has 7 nitrogen and oxygen atoms in total. The Morgan fingerprint density at radius 3 is 2.85 bits per heavy atom. The Balaban J connectivity index is 1.94. The summed E-state index contributed by atoms with van der Waals surface area (Å²) in [6.45, 7) is 0.172. The lowest BCUT2D eigenvalue weighted by Crippen LogP contribution is -2.30. The van der Waals surface area contributed by atoms with Crippen molar-refractivity contribution < 1.29 is 27.8 Å². The first kappa shape index (κ1) is 13.2. The summed E-state index contributed by atoms with van der Waals surface area (Å²) < 4.78 is 36.7. The highest BCUT2D eigenvalue weighted by Gasteiger charge is 2.38. The monoisotopic (exact) mass is 299 g/mol. The molecule has 2 heterocycles. The minimum absolute atomic E-state index is 0.0117. The maximum atomic E-state index is 12.6. The van der Waals surface area contributed by atoms with Crippen LogP contribution in [0.3, 0.4) is 0 Å². The van der Waals surface area contributed by atoms with E-state index in [1.807, 2.05) is 0 Å². The van der Waals surface area contributed by atoms with Gasteiger partial charge in [0, 0.05) is 13.1 Å². The van der Waals surface area contributed by atoms with E-state index >= 15 is 0 Å². The molecule has 0 amide bonds. The van der Waals surface area contributed by atoms with Crippen molar-refractivity contribution >= 4 is 16.0 Å². The number of hydrogen-bond donors (Lipinski definition) is 1. The standard InChI is InChI=1S/C12H13NO6S/c14-12(15)8-4-5-13(6-8)20(16,17)10-3-1-2-9-11(10)19-7-18-9/h1-3,8H,4-7H2,(H,14,15). The number of nitrogens with zero attached hydrogens (tertiary/aromatic N) is 1. The van der Waals surface area contributed by atoms with E-state index in [1.165, 1.54) is 10.4 Å². The molecular weight excluding hydrogens is 286 g/mol. The number of rotatable bonds is 3. The number of carboxylic acids is 1. The fraction of sp³-hybridized carbons (Fsp3) is 0.417. The van der Waals surface area contributed by atoms with Gasteiger partial charge in [-0.15, -0.1) is 0 Å². The van der Waals surface area contributed by atoms with Gasteiger partial charge in [0.1, 0.15) is 4.90 Å². The van der Waals surface area contributed by atoms with Gasteiger partial charge in [-0.05, 0) is 18.6 Å². The van der Waals surface area contributed by atoms with E-state index in [0.29, 0.717) is 12.2 Å². The van der Waals surface area contributed by atoms with Crippen molar-refractivity contribution in [3.8, 4) is 11.5 Å². The molecule has 2 aliphatic heterocycles. The van der Waals surface area contributed by atoms with Crippen LogP contribution in [0, 0.1) is 5.92 Å². The van der Waals surface area contributed by atoms with Gasteiger partial charge in [-0.2, -0.15) is 4.31 Å². The van der Waals surface area contributed by atoms with Crippen LogP contribution in [0.25, 0.3) is 0 Å². The van der Waals surface area contributed by atoms with Gasteiger partial charge in [-0.25, -0.2) is 8.42 Å². The Labute approximate surface area is 115 Å². The number of hydrogen-bond acceptors (Lipinski definition) is 5. The van der Waals surface area contributed by atoms with E-state index < -0.39 is 21.9 Å². The molecule has 8 heteroatoms. The number of sulfonamides is 1. The third-order valence-electron chi connectivity index (χ3n) is 3.48. The molecule has 0 aliphatic carbocycles. The van der Waals surface area contributed by atoms with Crippen LogP contribution in [0.15, 0.2) is 23.1 Å². The second-order valence-electron chi connectivity index (χ2n) is 4.68. The van der Waals surface area contributed by atoms with E-state index in [9.17, 15) is 13.2 Å². The summed E-state index contributed by atoms with van der Waals surface area (Å²) in [7, 11) is -3.77. The average Bonchev–Trinajstić information content (AvgIpc) is 3.07. The molecule has 20 heavy (non-hydrogen) atoms. The lowest BCUT2D eigenvalue weighted by atomic mass is 10.1. The molecule has 0 bridgehead atoms. The summed E-state index contributed by atoms with van der Waals surface area (Å²) in [6.07, 6.45) is 0.320. The number of carboxylic acid groups (broad SMARTS) is 1. The van der Waals surface area contributed by atoms with Gasteiger partial charge in [-0.1, -0.05) is 6.07 Å². The van der Waals surface area contributed by atoms with Crippen molar-refractivity contribution in [2.45, 2.75) is 11.3 Å². The van der Waals surface area contributed by atoms with E-state index in [-0.39, 0.29) is 30.5 Å². The van der Waals surface area contributed by atoms with Gasteiger partial charge in [0.05, 0.1) is 5.92 Å². The molecule has 1 fully saturated rings. The first-order valence-corrected chi connectivity index (χ1v) is 7.56. The molecular formula is C12H13NO6S. The Bertz CT molecular complexity index is 656. The zero-order valence-corrected chi connectivity index (χ0v) is 11.3. The summed E-state index contributed by atoms with van der Waals surface area (Å²) >= 11 is 0. The lowest BCUT2D eigenvalue weighted by Gasteiger charge is -2.17. The van der Waals surface area contributed by atoms with Crippen molar-refractivity contribution in [3.05, 3.63) is 18.2 Å². The third kappa shape index (κ3) is 2.01. The van der Waals surface area contributed by atoms with Crippen LogP contribution in [0.2, 0.25) is 0 Å². The minimum Gasteiger partial charge on any atom is -0.481 e. The van der Waals surface area contributed by atoms with E-state index in [0.717, 1.165) is 0 Å². The second-order valence-corrected chi connectivity index (χ2v) is 6.58. The Morgan fingerprint density at radius 1 is 1.35 bits per heavy atom. The fourth-order valence-corrected chi connectivity index (χ4v) is 4.04. The van der Waals surface area contributed by atoms with Crippen molar-refractivity contribution in [2.75, 3.05) is 19.9 Å². The van der Waals surface area contributed by atoms with Crippen LogP contribution < -0.4 is 9.47 Å². The summed E-state index contributed by atoms with van der Waals surface area (Å²) in [5.74, 6) is -1.04. The Hall–Kier alpha value is -1.80. The van der Waals surface area contributed by atoms with Gasteiger partial charge in [-0.3, -0.25) is 4.79 Å². The molecule has 1 unspecified atom stereocenters. The highest BCUT2D eigenvalue weighted by molar-refractivity contribution is 7.89. The summed E-state index contributed by atoms with van der Waals surface area (Å²) in [5.41, 5.74) is 0. The number of para-hydroxylation sites is 1. The third-order valence-corrected chi connectivity index (χ3v) is 5.37. The number of fused-ring (bicyclic) bond motifs is 1. The Kier molecular flexibility index (Phi) is 3.06. The minimum atomic E-state index is -3.77. The number of ether oxygens (including phenoxy) is 2. The fourth-order valence-electron chi connectivity index (χ4n) is 2.39. The Morgan fingerprint density at radius 2 is 2.15 bits per heavy atom. The van der Waals surface area contributed by atoms with Crippen molar-refractivity contribution in [2.24, 2.45) is 5.92 Å². The van der Waals surface area contributed by atoms with E-state index in [1.54, 1.807) is 12.1 Å². The SMILES string of the molecule is O=C(O)C1CCN(S(=O)(=O)c2cccc3c2OCO3)C1. The van der Waals surface area contributed by atoms with Crippen LogP contribution in [-0.4, -0.2) is 43.7 Å². The highest BCUT2D eigenvalue weighted by Crippen LogP contribution is 2.39. The molecule has 2 aliphatic rings. The van der Waals surface area contributed by atoms with Crippen LogP contribution in [0.4, 0.5) is 0 Å². The normalized spacial score (nSPS) is 22.1. The molecule has 1 N–H and O–H groups in total. The molecule has 1 aromatic rings. The molecule has 108 valence electrons. The van der Waals surface area contributed by atoms with Crippen molar-refractivity contribution in [3.63, 3.8) is 0 Å². The average molecular weight is 299 g/mol. The van der Waals surface area contributed by atoms with Gasteiger partial charge in [0.15, 0.2) is 11.5 Å². The molecule has 3 rings (SSSR count). The zero-order chi connectivity index (χ0) is 14.3. The first-order chi connectivity index (χ1) is 9.50. The van der Waals surface area contributed by atoms with Gasteiger partial charge in [0.2, 0.25) is 16.8 Å². The molecule has 0 saturated carbocycles. The summed E-state index contributed by atoms with van der Waals surface area (Å²) in [6, 6.07) is 4.65. The maximum Gasteiger partial charge on any atom is 0.307 e. The largest absolute Gasteiger partial charge is 0.481 e. The lowest BCUT2D eigenvalue weighted by molar-refractivity contribution is -0.141.